The molecular weight excluding hydrogens is 176 g/mol. The molecule has 1 heterocycles. The van der Waals surface area contributed by atoms with E-state index in [1.807, 2.05) is 11.6 Å². The van der Waals surface area contributed by atoms with Crippen LogP contribution in [0.4, 0.5) is 5.69 Å². The number of aromatic nitrogens is 2. The van der Waals surface area contributed by atoms with E-state index in [1.54, 1.807) is 6.20 Å². The Hall–Kier alpha value is -1.03. The van der Waals surface area contributed by atoms with Crippen LogP contribution in [-0.2, 0) is 6.54 Å². The van der Waals surface area contributed by atoms with Crippen LogP contribution in [0.1, 0.15) is 18.5 Å². The van der Waals surface area contributed by atoms with E-state index in [1.165, 1.54) is 6.42 Å². The molecule has 0 aliphatic carbocycles. The summed E-state index contributed by atoms with van der Waals surface area (Å²) >= 11 is 0. The minimum absolute atomic E-state index is 0.789. The average molecular weight is 196 g/mol. The number of hydrogen-bond acceptors (Lipinski definition) is 3. The standard InChI is InChI=1S/C10H20N4/c1-9-10(11)8-12-14(9)7-5-4-6-13(2)3/h8H,4-7,11H2,1-3H3. The summed E-state index contributed by atoms with van der Waals surface area (Å²) in [5.74, 6) is 0. The quantitative estimate of drug-likeness (QED) is 0.718. The normalized spacial score (nSPS) is 11.1. The van der Waals surface area contributed by atoms with Crippen molar-refractivity contribution in [3.8, 4) is 0 Å². The molecule has 0 bridgehead atoms. The third-order valence-corrected chi connectivity index (χ3v) is 2.37. The van der Waals surface area contributed by atoms with Crippen molar-refractivity contribution in [1.29, 1.82) is 0 Å². The van der Waals surface area contributed by atoms with Gasteiger partial charge in [0.25, 0.3) is 0 Å². The Morgan fingerprint density at radius 2 is 2.14 bits per heavy atom. The molecule has 0 aliphatic rings. The highest BCUT2D eigenvalue weighted by Crippen LogP contribution is 2.09. The summed E-state index contributed by atoms with van der Waals surface area (Å²) < 4.78 is 1.98. The third-order valence-electron chi connectivity index (χ3n) is 2.37. The van der Waals surface area contributed by atoms with Gasteiger partial charge in [-0.3, -0.25) is 4.68 Å². The molecule has 0 saturated carbocycles. The van der Waals surface area contributed by atoms with Crippen molar-refractivity contribution in [3.05, 3.63) is 11.9 Å². The maximum Gasteiger partial charge on any atom is 0.0730 e. The number of nitrogen functional groups attached to an aromatic ring is 1. The van der Waals surface area contributed by atoms with Crippen LogP contribution in [0.3, 0.4) is 0 Å². The molecule has 1 aromatic rings. The summed E-state index contributed by atoms with van der Waals surface area (Å²) in [5, 5.41) is 4.21. The molecule has 0 spiro atoms. The van der Waals surface area contributed by atoms with Gasteiger partial charge < -0.3 is 10.6 Å². The van der Waals surface area contributed by atoms with Gasteiger partial charge in [0.05, 0.1) is 17.6 Å². The first-order chi connectivity index (χ1) is 6.61. The number of nitrogens with two attached hydrogens (primary N) is 1. The highest BCUT2D eigenvalue weighted by molar-refractivity contribution is 5.39. The van der Waals surface area contributed by atoms with Crippen molar-refractivity contribution in [1.82, 2.24) is 14.7 Å². The second-order valence-corrected chi connectivity index (χ2v) is 3.92. The maximum absolute atomic E-state index is 5.70. The smallest absolute Gasteiger partial charge is 0.0730 e. The summed E-state index contributed by atoms with van der Waals surface area (Å²) in [6.45, 7) is 4.11. The molecule has 1 rings (SSSR count). The molecule has 0 radical (unpaired) electrons. The molecule has 0 unspecified atom stereocenters. The van der Waals surface area contributed by atoms with Crippen LogP contribution in [0.2, 0.25) is 0 Å². The van der Waals surface area contributed by atoms with E-state index in [-0.39, 0.29) is 0 Å². The van der Waals surface area contributed by atoms with Gasteiger partial charge in [-0.1, -0.05) is 0 Å². The summed E-state index contributed by atoms with van der Waals surface area (Å²) in [5.41, 5.74) is 7.57. The summed E-state index contributed by atoms with van der Waals surface area (Å²) in [6, 6.07) is 0. The molecule has 0 aliphatic heterocycles. The summed E-state index contributed by atoms with van der Waals surface area (Å²) in [6.07, 6.45) is 4.08. The predicted octanol–water partition coefficient (Wildman–Crippen LogP) is 1.12. The average Bonchev–Trinajstić information content (AvgIpc) is 2.43. The van der Waals surface area contributed by atoms with Crippen LogP contribution in [0.15, 0.2) is 6.20 Å². The van der Waals surface area contributed by atoms with Gasteiger partial charge in [0.15, 0.2) is 0 Å². The zero-order valence-corrected chi connectivity index (χ0v) is 9.32. The van der Waals surface area contributed by atoms with Crippen LogP contribution < -0.4 is 5.73 Å². The Morgan fingerprint density at radius 3 is 2.64 bits per heavy atom. The van der Waals surface area contributed by atoms with E-state index in [2.05, 4.69) is 24.1 Å². The lowest BCUT2D eigenvalue weighted by Gasteiger charge is -2.09. The minimum atomic E-state index is 0.789. The molecule has 80 valence electrons. The van der Waals surface area contributed by atoms with Gasteiger partial charge in [-0.2, -0.15) is 5.10 Å². The molecule has 14 heavy (non-hydrogen) atoms. The van der Waals surface area contributed by atoms with Crippen molar-refractivity contribution < 1.29 is 0 Å². The van der Waals surface area contributed by atoms with Gasteiger partial charge in [-0.15, -0.1) is 0 Å². The molecule has 0 aromatic carbocycles. The van der Waals surface area contributed by atoms with Gasteiger partial charge in [0.2, 0.25) is 0 Å². The monoisotopic (exact) mass is 196 g/mol. The predicted molar refractivity (Wildman–Crippen MR) is 59.2 cm³/mol. The number of rotatable bonds is 5. The highest BCUT2D eigenvalue weighted by Gasteiger charge is 2.01. The third kappa shape index (κ3) is 3.03. The molecule has 0 fully saturated rings. The molecule has 4 nitrogen and oxygen atoms in total. The van der Waals surface area contributed by atoms with Crippen molar-refractivity contribution in [2.45, 2.75) is 26.3 Å². The summed E-state index contributed by atoms with van der Waals surface area (Å²) in [4.78, 5) is 2.20. The van der Waals surface area contributed by atoms with Crippen molar-refractivity contribution in [3.63, 3.8) is 0 Å². The van der Waals surface area contributed by atoms with Gasteiger partial charge in [-0.25, -0.2) is 0 Å². The van der Waals surface area contributed by atoms with E-state index in [4.69, 9.17) is 5.73 Å². The van der Waals surface area contributed by atoms with E-state index in [0.29, 0.717) is 0 Å². The first-order valence-corrected chi connectivity index (χ1v) is 5.04. The Morgan fingerprint density at radius 1 is 1.43 bits per heavy atom. The van der Waals surface area contributed by atoms with Gasteiger partial charge in [-0.05, 0) is 40.4 Å². The van der Waals surface area contributed by atoms with E-state index in [0.717, 1.165) is 30.9 Å². The Balaban J connectivity index is 2.28. The largest absolute Gasteiger partial charge is 0.396 e. The molecule has 2 N–H and O–H groups in total. The second-order valence-electron chi connectivity index (χ2n) is 3.92. The Labute approximate surface area is 85.7 Å². The van der Waals surface area contributed by atoms with Crippen LogP contribution in [0.25, 0.3) is 0 Å². The zero-order valence-electron chi connectivity index (χ0n) is 9.32. The highest BCUT2D eigenvalue weighted by atomic mass is 15.3. The summed E-state index contributed by atoms with van der Waals surface area (Å²) in [7, 11) is 4.19. The second kappa shape index (κ2) is 5.00. The van der Waals surface area contributed by atoms with E-state index >= 15 is 0 Å². The van der Waals surface area contributed by atoms with E-state index < -0.39 is 0 Å². The fourth-order valence-corrected chi connectivity index (χ4v) is 1.38. The molecule has 4 heteroatoms. The van der Waals surface area contributed by atoms with Crippen molar-refractivity contribution >= 4 is 5.69 Å². The van der Waals surface area contributed by atoms with Crippen molar-refractivity contribution in [2.24, 2.45) is 0 Å². The lowest BCUT2D eigenvalue weighted by atomic mass is 10.3. The number of nitrogens with zero attached hydrogens (tertiary/aromatic N) is 3. The minimum Gasteiger partial charge on any atom is -0.396 e. The number of aryl methyl sites for hydroxylation is 1. The Bertz CT molecular complexity index is 278. The SMILES string of the molecule is Cc1c(N)cnn1CCCCN(C)C. The zero-order chi connectivity index (χ0) is 10.6. The fourth-order valence-electron chi connectivity index (χ4n) is 1.38. The molecule has 0 atom stereocenters. The molecule has 1 aromatic heterocycles. The first kappa shape index (κ1) is 11.0. The van der Waals surface area contributed by atoms with Crippen LogP contribution in [0.5, 0.6) is 0 Å². The van der Waals surface area contributed by atoms with Crippen molar-refractivity contribution in [2.75, 3.05) is 26.4 Å². The van der Waals surface area contributed by atoms with Gasteiger partial charge in [0.1, 0.15) is 0 Å². The lowest BCUT2D eigenvalue weighted by molar-refractivity contribution is 0.384. The number of hydrogen-bond donors (Lipinski definition) is 1. The molecule has 0 saturated heterocycles. The first-order valence-electron chi connectivity index (χ1n) is 5.04. The topological polar surface area (TPSA) is 47.1 Å². The number of anilines is 1. The van der Waals surface area contributed by atoms with Gasteiger partial charge in [0, 0.05) is 6.54 Å². The Kier molecular flexibility index (Phi) is 3.95. The van der Waals surface area contributed by atoms with Crippen LogP contribution in [-0.4, -0.2) is 35.3 Å². The van der Waals surface area contributed by atoms with E-state index in [9.17, 15) is 0 Å². The lowest BCUT2D eigenvalue weighted by Crippen LogP contribution is -2.14. The fraction of sp³-hybridized carbons (Fsp3) is 0.700. The molecular formula is C10H20N4. The van der Waals surface area contributed by atoms with Crippen LogP contribution in [0, 0.1) is 6.92 Å². The molecule has 0 amide bonds. The van der Waals surface area contributed by atoms with Crippen LogP contribution >= 0.6 is 0 Å². The number of unbranched alkanes of at least 4 members (excludes halogenated alkanes) is 1. The maximum atomic E-state index is 5.70. The van der Waals surface area contributed by atoms with Gasteiger partial charge >= 0.3 is 0 Å².